The Morgan fingerprint density at radius 2 is 1.78 bits per heavy atom. The van der Waals surface area contributed by atoms with Crippen molar-refractivity contribution >= 4 is 55.7 Å². The summed E-state index contributed by atoms with van der Waals surface area (Å²) in [5.41, 5.74) is 1.47. The van der Waals surface area contributed by atoms with E-state index in [2.05, 4.69) is 10.4 Å². The molecule has 0 unspecified atom stereocenters. The second kappa shape index (κ2) is 8.51. The fourth-order valence-corrected chi connectivity index (χ4v) is 4.57. The van der Waals surface area contributed by atoms with Gasteiger partial charge in [0.25, 0.3) is 0 Å². The molecule has 7 nitrogen and oxygen atoms in total. The van der Waals surface area contributed by atoms with Crippen molar-refractivity contribution in [1.82, 2.24) is 9.78 Å². The summed E-state index contributed by atoms with van der Waals surface area (Å²) >= 11 is 12.3. The number of amides is 1. The summed E-state index contributed by atoms with van der Waals surface area (Å²) in [5.74, 6) is -0.870. The molecule has 4 aromatic rings. The van der Waals surface area contributed by atoms with Gasteiger partial charge in [-0.1, -0.05) is 41.4 Å². The van der Waals surface area contributed by atoms with Gasteiger partial charge in [-0.05, 0) is 48.0 Å². The van der Waals surface area contributed by atoms with Crippen LogP contribution in [-0.4, -0.2) is 24.1 Å². The van der Waals surface area contributed by atoms with Crippen LogP contribution in [0, 0.1) is 5.82 Å². The van der Waals surface area contributed by atoms with Crippen molar-refractivity contribution in [2.45, 2.75) is 11.3 Å². The van der Waals surface area contributed by atoms with Crippen molar-refractivity contribution in [2.24, 2.45) is 5.14 Å². The summed E-state index contributed by atoms with van der Waals surface area (Å²) in [5, 5.41) is 12.6. The Balaban J connectivity index is 1.81. The van der Waals surface area contributed by atoms with Crippen molar-refractivity contribution in [3.05, 3.63) is 82.2 Å². The Kier molecular flexibility index (Phi) is 5.91. The van der Waals surface area contributed by atoms with Gasteiger partial charge in [0, 0.05) is 10.7 Å². The minimum absolute atomic E-state index is 0.0274. The molecule has 0 fully saturated rings. The largest absolute Gasteiger partial charge is 0.326 e. The van der Waals surface area contributed by atoms with Crippen molar-refractivity contribution in [3.63, 3.8) is 0 Å². The standard InChI is InChI=1S/C21H15Cl2FN4O3S/c22-16-4-2-1-3-12(16)9-19(29)26-14-10-17-20(18(11-14)32(25,30)31)21(23)27-28(17)15-7-5-13(24)6-8-15/h1-8,10-11H,9H2,(H,26,29)(H2,25,30,31). The number of nitrogens with two attached hydrogens (primary N) is 1. The van der Waals surface area contributed by atoms with Gasteiger partial charge in [0.1, 0.15) is 5.82 Å². The Morgan fingerprint density at radius 1 is 1.09 bits per heavy atom. The number of rotatable bonds is 5. The third-order valence-corrected chi connectivity index (χ3v) is 6.24. The number of primary sulfonamides is 1. The SMILES string of the molecule is NS(=O)(=O)c1cc(NC(=O)Cc2ccccc2Cl)cc2c1c(Cl)nn2-c1ccc(F)cc1. The summed E-state index contributed by atoms with van der Waals surface area (Å²) < 4.78 is 39.2. The van der Waals surface area contributed by atoms with Gasteiger partial charge >= 0.3 is 0 Å². The van der Waals surface area contributed by atoms with E-state index in [4.69, 9.17) is 28.3 Å². The first-order valence-corrected chi connectivity index (χ1v) is 11.5. The first-order chi connectivity index (χ1) is 15.1. The predicted molar refractivity (Wildman–Crippen MR) is 121 cm³/mol. The number of nitrogens with zero attached hydrogens (tertiary/aromatic N) is 2. The number of benzene rings is 3. The van der Waals surface area contributed by atoms with E-state index >= 15 is 0 Å². The zero-order valence-corrected chi connectivity index (χ0v) is 18.5. The van der Waals surface area contributed by atoms with Crippen LogP contribution in [0.25, 0.3) is 16.6 Å². The highest BCUT2D eigenvalue weighted by Crippen LogP contribution is 2.34. The van der Waals surface area contributed by atoms with Gasteiger partial charge in [-0.15, -0.1) is 0 Å². The smallest absolute Gasteiger partial charge is 0.238 e. The van der Waals surface area contributed by atoms with Crippen LogP contribution in [0.2, 0.25) is 10.2 Å². The molecule has 1 aromatic heterocycles. The maximum Gasteiger partial charge on any atom is 0.238 e. The van der Waals surface area contributed by atoms with E-state index < -0.39 is 21.7 Å². The molecule has 0 aliphatic heterocycles. The average molecular weight is 493 g/mol. The third-order valence-electron chi connectivity index (χ3n) is 4.67. The highest BCUT2D eigenvalue weighted by Gasteiger charge is 2.22. The maximum atomic E-state index is 13.3. The van der Waals surface area contributed by atoms with Crippen molar-refractivity contribution in [1.29, 1.82) is 0 Å². The highest BCUT2D eigenvalue weighted by molar-refractivity contribution is 7.89. The minimum Gasteiger partial charge on any atom is -0.326 e. The van der Waals surface area contributed by atoms with Crippen LogP contribution in [0.4, 0.5) is 10.1 Å². The molecular weight excluding hydrogens is 478 g/mol. The number of hydrogen-bond acceptors (Lipinski definition) is 4. The van der Waals surface area contributed by atoms with Gasteiger partial charge in [0.05, 0.1) is 27.9 Å². The lowest BCUT2D eigenvalue weighted by Crippen LogP contribution is -2.17. The van der Waals surface area contributed by atoms with E-state index in [-0.39, 0.29) is 33.1 Å². The Bertz CT molecular complexity index is 1450. The van der Waals surface area contributed by atoms with Crippen LogP contribution in [-0.2, 0) is 21.2 Å². The number of anilines is 1. The maximum absolute atomic E-state index is 13.3. The molecule has 1 amide bonds. The summed E-state index contributed by atoms with van der Waals surface area (Å²) in [7, 11) is -4.22. The van der Waals surface area contributed by atoms with Crippen molar-refractivity contribution in [2.75, 3.05) is 5.32 Å². The average Bonchev–Trinajstić information content (AvgIpc) is 3.05. The monoisotopic (exact) mass is 492 g/mol. The Morgan fingerprint density at radius 3 is 2.44 bits per heavy atom. The number of nitrogens with one attached hydrogen (secondary N) is 1. The van der Waals surface area contributed by atoms with Gasteiger partial charge in [-0.2, -0.15) is 5.10 Å². The lowest BCUT2D eigenvalue weighted by molar-refractivity contribution is -0.115. The fraction of sp³-hybridized carbons (Fsp3) is 0.0476. The number of aromatic nitrogens is 2. The Labute approximate surface area is 192 Å². The number of carbonyl (C=O) groups is 1. The van der Waals surface area contributed by atoms with E-state index in [9.17, 15) is 17.6 Å². The topological polar surface area (TPSA) is 107 Å². The number of hydrogen-bond donors (Lipinski definition) is 2. The zero-order chi connectivity index (χ0) is 23.0. The van der Waals surface area contributed by atoms with E-state index in [1.54, 1.807) is 24.3 Å². The lowest BCUT2D eigenvalue weighted by atomic mass is 10.1. The summed E-state index contributed by atoms with van der Waals surface area (Å²) in [6, 6.07) is 15.0. The number of fused-ring (bicyclic) bond motifs is 1. The molecule has 0 saturated heterocycles. The van der Waals surface area contributed by atoms with Crippen LogP contribution < -0.4 is 10.5 Å². The van der Waals surface area contributed by atoms with Gasteiger partial charge in [-0.3, -0.25) is 4.79 Å². The molecule has 3 N–H and O–H groups in total. The molecule has 0 aliphatic carbocycles. The van der Waals surface area contributed by atoms with Gasteiger partial charge in [0.2, 0.25) is 15.9 Å². The Hall–Kier alpha value is -2.98. The normalized spacial score (nSPS) is 11.6. The number of halogens is 3. The molecule has 3 aromatic carbocycles. The van der Waals surface area contributed by atoms with Gasteiger partial charge in [-0.25, -0.2) is 22.6 Å². The molecule has 0 atom stereocenters. The second-order valence-electron chi connectivity index (χ2n) is 6.91. The van der Waals surface area contributed by atoms with E-state index in [0.29, 0.717) is 16.3 Å². The first-order valence-electron chi connectivity index (χ1n) is 9.18. The fourth-order valence-electron chi connectivity index (χ4n) is 3.26. The van der Waals surface area contributed by atoms with Crippen molar-refractivity contribution < 1.29 is 17.6 Å². The van der Waals surface area contributed by atoms with Crippen LogP contribution in [0.3, 0.4) is 0 Å². The molecule has 0 radical (unpaired) electrons. The van der Waals surface area contributed by atoms with Crippen LogP contribution in [0.15, 0.2) is 65.6 Å². The van der Waals surface area contributed by atoms with Crippen LogP contribution in [0.1, 0.15) is 5.56 Å². The summed E-state index contributed by atoms with van der Waals surface area (Å²) in [6.07, 6.45) is -0.0274. The molecule has 164 valence electrons. The van der Waals surface area contributed by atoms with E-state index in [1.807, 2.05) is 0 Å². The summed E-state index contributed by atoms with van der Waals surface area (Å²) in [6.45, 7) is 0. The number of carbonyl (C=O) groups excluding carboxylic acids is 1. The molecule has 1 heterocycles. The number of sulfonamides is 1. The molecular formula is C21H15Cl2FN4O3S. The van der Waals surface area contributed by atoms with Gasteiger partial charge in [0.15, 0.2) is 5.15 Å². The zero-order valence-electron chi connectivity index (χ0n) is 16.2. The van der Waals surface area contributed by atoms with E-state index in [1.165, 1.54) is 41.1 Å². The van der Waals surface area contributed by atoms with Crippen LogP contribution >= 0.6 is 23.2 Å². The second-order valence-corrected chi connectivity index (χ2v) is 9.20. The summed E-state index contributed by atoms with van der Waals surface area (Å²) in [4.78, 5) is 12.3. The van der Waals surface area contributed by atoms with E-state index in [0.717, 1.165) is 0 Å². The molecule has 0 aliphatic rings. The van der Waals surface area contributed by atoms with Crippen molar-refractivity contribution in [3.8, 4) is 5.69 Å². The first kappa shape index (κ1) is 22.2. The minimum atomic E-state index is -4.22. The van der Waals surface area contributed by atoms with Gasteiger partial charge < -0.3 is 5.32 Å². The molecule has 4 rings (SSSR count). The molecule has 11 heteroatoms. The molecule has 32 heavy (non-hydrogen) atoms. The lowest BCUT2D eigenvalue weighted by Gasteiger charge is -2.10. The molecule has 0 saturated carbocycles. The third kappa shape index (κ3) is 4.46. The molecule has 0 spiro atoms. The molecule has 0 bridgehead atoms. The predicted octanol–water partition coefficient (Wildman–Crippen LogP) is 4.30. The highest BCUT2D eigenvalue weighted by atomic mass is 35.5. The van der Waals surface area contributed by atoms with Crippen LogP contribution in [0.5, 0.6) is 0 Å². The quantitative estimate of drug-likeness (QED) is 0.432.